The molecule has 5 nitrogen and oxygen atoms in total. The molecule has 0 bridgehead atoms. The van der Waals surface area contributed by atoms with Gasteiger partial charge >= 0.3 is 0 Å². The Morgan fingerprint density at radius 1 is 1.15 bits per heavy atom. The molecule has 1 amide bonds. The summed E-state index contributed by atoms with van der Waals surface area (Å²) in [7, 11) is 1.69. The molecule has 4 rings (SSSR count). The van der Waals surface area contributed by atoms with Crippen LogP contribution in [-0.2, 0) is 25.8 Å². The predicted molar refractivity (Wildman–Crippen MR) is 107 cm³/mol. The molecule has 1 saturated carbocycles. The molecular weight excluding hydrogens is 336 g/mol. The van der Waals surface area contributed by atoms with E-state index in [0.717, 1.165) is 37.8 Å². The summed E-state index contributed by atoms with van der Waals surface area (Å²) in [5.74, 6) is -0.0637. The molecule has 27 heavy (non-hydrogen) atoms. The summed E-state index contributed by atoms with van der Waals surface area (Å²) in [5, 5.41) is 11.3. The van der Waals surface area contributed by atoms with Gasteiger partial charge in [0, 0.05) is 36.9 Å². The Bertz CT molecular complexity index is 777. The number of hydrogen-bond donors (Lipinski definition) is 2. The number of rotatable bonds is 6. The van der Waals surface area contributed by atoms with Gasteiger partial charge in [-0.05, 0) is 44.1 Å². The van der Waals surface area contributed by atoms with E-state index in [4.69, 9.17) is 5.10 Å². The summed E-state index contributed by atoms with van der Waals surface area (Å²) >= 11 is 0. The number of hydrogen-bond acceptors (Lipinski definition) is 3. The van der Waals surface area contributed by atoms with Gasteiger partial charge in [0.15, 0.2) is 5.69 Å². The second-order valence-corrected chi connectivity index (χ2v) is 7.90. The van der Waals surface area contributed by atoms with Crippen LogP contribution in [0, 0.1) is 0 Å². The highest BCUT2D eigenvalue weighted by Crippen LogP contribution is 2.27. The SMILES string of the molecule is CNC(=O)c1nn(CCc2ccccc2)c2c1CC(NC1CCCC1)CC2. The lowest BCUT2D eigenvalue weighted by Crippen LogP contribution is -2.40. The molecule has 1 aromatic carbocycles. The van der Waals surface area contributed by atoms with Gasteiger partial charge in [0.1, 0.15) is 0 Å². The van der Waals surface area contributed by atoms with Crippen LogP contribution >= 0.6 is 0 Å². The number of aromatic nitrogens is 2. The van der Waals surface area contributed by atoms with Crippen LogP contribution in [0.3, 0.4) is 0 Å². The van der Waals surface area contributed by atoms with Crippen molar-refractivity contribution < 1.29 is 4.79 Å². The van der Waals surface area contributed by atoms with Crippen LogP contribution in [0.25, 0.3) is 0 Å². The zero-order valence-corrected chi connectivity index (χ0v) is 16.2. The van der Waals surface area contributed by atoms with Crippen LogP contribution in [-0.4, -0.2) is 34.8 Å². The van der Waals surface area contributed by atoms with Crippen molar-refractivity contribution in [2.24, 2.45) is 0 Å². The molecule has 2 N–H and O–H groups in total. The third-order valence-electron chi connectivity index (χ3n) is 6.07. The molecule has 0 radical (unpaired) electrons. The van der Waals surface area contributed by atoms with E-state index in [1.807, 2.05) is 6.07 Å². The van der Waals surface area contributed by atoms with Gasteiger partial charge in [-0.25, -0.2) is 0 Å². The zero-order chi connectivity index (χ0) is 18.6. The molecule has 0 saturated heterocycles. The fourth-order valence-corrected chi connectivity index (χ4v) is 4.62. The van der Waals surface area contributed by atoms with Crippen molar-refractivity contribution in [3.8, 4) is 0 Å². The summed E-state index contributed by atoms with van der Waals surface area (Å²) in [5.41, 5.74) is 4.34. The number of amides is 1. The van der Waals surface area contributed by atoms with E-state index in [2.05, 4.69) is 39.6 Å². The van der Waals surface area contributed by atoms with Crippen molar-refractivity contribution in [3.05, 3.63) is 52.8 Å². The fraction of sp³-hybridized carbons (Fsp3) is 0.545. The number of nitrogens with one attached hydrogen (secondary N) is 2. The molecule has 1 atom stereocenters. The van der Waals surface area contributed by atoms with E-state index in [0.29, 0.717) is 17.8 Å². The van der Waals surface area contributed by atoms with Crippen LogP contribution in [0.5, 0.6) is 0 Å². The summed E-state index contributed by atoms with van der Waals surface area (Å²) in [6, 6.07) is 11.6. The number of carbonyl (C=O) groups excluding carboxylic acids is 1. The molecule has 0 spiro atoms. The molecule has 5 heteroatoms. The standard InChI is InChI=1S/C22H30N4O/c1-23-22(27)21-19-15-18(24-17-9-5-6-10-17)11-12-20(19)26(25-21)14-13-16-7-3-2-4-8-16/h2-4,7-8,17-18,24H,5-6,9-15H2,1H3,(H,23,27). The van der Waals surface area contributed by atoms with Crippen molar-refractivity contribution in [3.63, 3.8) is 0 Å². The van der Waals surface area contributed by atoms with E-state index >= 15 is 0 Å². The van der Waals surface area contributed by atoms with Crippen LogP contribution in [0.1, 0.15) is 59.4 Å². The molecular formula is C22H30N4O. The molecule has 2 aliphatic carbocycles. The summed E-state index contributed by atoms with van der Waals surface area (Å²) in [6.45, 7) is 0.823. The van der Waals surface area contributed by atoms with Gasteiger partial charge in [-0.15, -0.1) is 0 Å². The Morgan fingerprint density at radius 3 is 2.67 bits per heavy atom. The maximum atomic E-state index is 12.4. The third-order valence-corrected chi connectivity index (χ3v) is 6.07. The molecule has 2 aromatic rings. The Kier molecular flexibility index (Phi) is 5.58. The van der Waals surface area contributed by atoms with Gasteiger partial charge in [0.2, 0.25) is 0 Å². The maximum absolute atomic E-state index is 12.4. The van der Waals surface area contributed by atoms with Crippen molar-refractivity contribution in [2.75, 3.05) is 7.05 Å². The number of nitrogens with zero attached hydrogens (tertiary/aromatic N) is 2. The summed E-state index contributed by atoms with van der Waals surface area (Å²) < 4.78 is 2.08. The minimum Gasteiger partial charge on any atom is -0.354 e. The van der Waals surface area contributed by atoms with Crippen molar-refractivity contribution in [1.29, 1.82) is 0 Å². The molecule has 0 aliphatic heterocycles. The normalized spacial score (nSPS) is 19.8. The first-order valence-corrected chi connectivity index (χ1v) is 10.3. The minimum absolute atomic E-state index is 0.0637. The minimum atomic E-state index is -0.0637. The maximum Gasteiger partial charge on any atom is 0.271 e. The van der Waals surface area contributed by atoms with Gasteiger partial charge in [-0.3, -0.25) is 9.48 Å². The van der Waals surface area contributed by atoms with Crippen LogP contribution < -0.4 is 10.6 Å². The van der Waals surface area contributed by atoms with Gasteiger partial charge in [0.05, 0.1) is 0 Å². The van der Waals surface area contributed by atoms with Gasteiger partial charge in [0.25, 0.3) is 5.91 Å². The van der Waals surface area contributed by atoms with E-state index in [1.54, 1.807) is 7.05 Å². The Balaban J connectivity index is 1.52. The first-order valence-electron chi connectivity index (χ1n) is 10.3. The van der Waals surface area contributed by atoms with Crippen molar-refractivity contribution in [2.45, 2.75) is 70.0 Å². The van der Waals surface area contributed by atoms with E-state index in [-0.39, 0.29) is 5.91 Å². The van der Waals surface area contributed by atoms with Gasteiger partial charge in [-0.2, -0.15) is 5.10 Å². The van der Waals surface area contributed by atoms with Crippen LogP contribution in [0.2, 0.25) is 0 Å². The molecule has 2 aliphatic rings. The first-order chi connectivity index (χ1) is 13.2. The number of benzene rings is 1. The molecule has 1 aromatic heterocycles. The monoisotopic (exact) mass is 366 g/mol. The highest BCUT2D eigenvalue weighted by atomic mass is 16.1. The Hall–Kier alpha value is -2.14. The molecule has 1 unspecified atom stereocenters. The average Bonchev–Trinajstić information content (AvgIpc) is 3.34. The van der Waals surface area contributed by atoms with Crippen LogP contribution in [0.4, 0.5) is 0 Å². The Labute approximate surface area is 161 Å². The van der Waals surface area contributed by atoms with Gasteiger partial charge in [-0.1, -0.05) is 43.2 Å². The number of aryl methyl sites for hydroxylation is 2. The van der Waals surface area contributed by atoms with Crippen LogP contribution in [0.15, 0.2) is 30.3 Å². The topological polar surface area (TPSA) is 59.0 Å². The second-order valence-electron chi connectivity index (χ2n) is 7.90. The lowest BCUT2D eigenvalue weighted by Gasteiger charge is -2.27. The second kappa shape index (κ2) is 8.26. The lowest BCUT2D eigenvalue weighted by molar-refractivity contribution is 0.0956. The Morgan fingerprint density at radius 2 is 1.93 bits per heavy atom. The van der Waals surface area contributed by atoms with E-state index < -0.39 is 0 Å². The summed E-state index contributed by atoms with van der Waals surface area (Å²) in [4.78, 5) is 12.4. The van der Waals surface area contributed by atoms with E-state index in [9.17, 15) is 4.79 Å². The first kappa shape index (κ1) is 18.2. The highest BCUT2D eigenvalue weighted by Gasteiger charge is 2.30. The lowest BCUT2D eigenvalue weighted by atomic mass is 9.90. The van der Waals surface area contributed by atoms with Crippen molar-refractivity contribution >= 4 is 5.91 Å². The smallest absolute Gasteiger partial charge is 0.271 e. The molecule has 1 fully saturated rings. The van der Waals surface area contributed by atoms with E-state index in [1.165, 1.54) is 36.9 Å². The fourth-order valence-electron chi connectivity index (χ4n) is 4.62. The average molecular weight is 367 g/mol. The third kappa shape index (κ3) is 4.08. The van der Waals surface area contributed by atoms with Gasteiger partial charge < -0.3 is 10.6 Å². The molecule has 1 heterocycles. The summed E-state index contributed by atoms with van der Waals surface area (Å²) in [6.07, 6.45) is 9.26. The number of fused-ring (bicyclic) bond motifs is 1. The molecule has 144 valence electrons. The largest absolute Gasteiger partial charge is 0.354 e. The van der Waals surface area contributed by atoms with Crippen molar-refractivity contribution in [1.82, 2.24) is 20.4 Å². The highest BCUT2D eigenvalue weighted by molar-refractivity contribution is 5.93. The number of carbonyl (C=O) groups is 1. The predicted octanol–water partition coefficient (Wildman–Crippen LogP) is 2.87. The quantitative estimate of drug-likeness (QED) is 0.826. The zero-order valence-electron chi connectivity index (χ0n) is 16.2.